The summed E-state index contributed by atoms with van der Waals surface area (Å²) in [6.07, 6.45) is 0.669. The maximum Gasteiger partial charge on any atom is 0.105 e. The molecule has 104 valence electrons. The van der Waals surface area contributed by atoms with Crippen LogP contribution in [0, 0.1) is 0 Å². The number of ether oxygens (including phenoxy) is 1. The molecule has 3 unspecified atom stereocenters. The molecule has 1 saturated heterocycles. The zero-order valence-corrected chi connectivity index (χ0v) is 12.1. The first kappa shape index (κ1) is 13.4. The second-order valence-electron chi connectivity index (χ2n) is 5.54. The lowest BCUT2D eigenvalue weighted by atomic mass is 9.96. The third-order valence-electron chi connectivity index (χ3n) is 4.28. The van der Waals surface area contributed by atoms with E-state index in [0.717, 1.165) is 18.7 Å². The van der Waals surface area contributed by atoms with E-state index >= 15 is 0 Å². The summed E-state index contributed by atoms with van der Waals surface area (Å²) in [6, 6.07) is 8.62. The number of hydrogen-bond acceptors (Lipinski definition) is 4. The van der Waals surface area contributed by atoms with Gasteiger partial charge in [-0.15, -0.1) is 11.8 Å². The number of rotatable bonds is 4. The second-order valence-corrected chi connectivity index (χ2v) is 6.61. The highest BCUT2D eigenvalue weighted by Crippen LogP contribution is 2.38. The van der Waals surface area contributed by atoms with Crippen molar-refractivity contribution in [2.24, 2.45) is 0 Å². The van der Waals surface area contributed by atoms with Gasteiger partial charge in [0.1, 0.15) is 5.60 Å². The van der Waals surface area contributed by atoms with E-state index in [0.29, 0.717) is 19.1 Å². The Morgan fingerprint density at radius 3 is 3.11 bits per heavy atom. The van der Waals surface area contributed by atoms with Crippen LogP contribution in [0.1, 0.15) is 24.8 Å². The van der Waals surface area contributed by atoms with Crippen molar-refractivity contribution in [1.82, 2.24) is 5.32 Å². The minimum atomic E-state index is -0.689. The Labute approximate surface area is 118 Å². The van der Waals surface area contributed by atoms with Gasteiger partial charge in [0.15, 0.2) is 0 Å². The van der Waals surface area contributed by atoms with Crippen molar-refractivity contribution < 1.29 is 9.84 Å². The molecule has 0 saturated carbocycles. The van der Waals surface area contributed by atoms with Gasteiger partial charge in [0.05, 0.1) is 6.10 Å². The molecule has 1 aromatic carbocycles. The summed E-state index contributed by atoms with van der Waals surface area (Å²) in [5, 5.41) is 13.9. The average Bonchev–Trinajstić information content (AvgIpc) is 2.96. The third-order valence-corrected chi connectivity index (χ3v) is 5.53. The normalized spacial score (nSPS) is 33.6. The molecule has 0 aromatic heterocycles. The highest BCUT2D eigenvalue weighted by Gasteiger charge is 2.39. The Morgan fingerprint density at radius 2 is 2.32 bits per heavy atom. The summed E-state index contributed by atoms with van der Waals surface area (Å²) >= 11 is 1.93. The predicted octanol–water partition coefficient (Wildman–Crippen LogP) is 2.01. The molecule has 2 N–H and O–H groups in total. The van der Waals surface area contributed by atoms with Crippen molar-refractivity contribution in [2.75, 3.05) is 25.4 Å². The molecule has 0 amide bonds. The zero-order valence-electron chi connectivity index (χ0n) is 11.3. The highest BCUT2D eigenvalue weighted by molar-refractivity contribution is 7.99. The lowest BCUT2D eigenvalue weighted by Gasteiger charge is -2.27. The van der Waals surface area contributed by atoms with Crippen molar-refractivity contribution >= 4 is 11.8 Å². The molecule has 0 spiro atoms. The molecule has 0 aliphatic carbocycles. The van der Waals surface area contributed by atoms with Gasteiger partial charge >= 0.3 is 0 Å². The number of fused-ring (bicyclic) bond motifs is 1. The van der Waals surface area contributed by atoms with Crippen LogP contribution in [0.3, 0.4) is 0 Å². The molecular formula is C15H21NO2S. The van der Waals surface area contributed by atoms with Crippen molar-refractivity contribution in [3.63, 3.8) is 0 Å². The molecule has 3 atom stereocenters. The first-order chi connectivity index (χ1) is 9.19. The molecule has 1 fully saturated rings. The molecule has 2 heterocycles. The fourth-order valence-electron chi connectivity index (χ4n) is 2.86. The molecular weight excluding hydrogens is 258 g/mol. The highest BCUT2D eigenvalue weighted by atomic mass is 32.2. The smallest absolute Gasteiger partial charge is 0.105 e. The molecule has 2 aliphatic rings. The van der Waals surface area contributed by atoms with Crippen LogP contribution >= 0.6 is 11.8 Å². The van der Waals surface area contributed by atoms with Crippen LogP contribution in [-0.4, -0.2) is 42.3 Å². The molecule has 0 radical (unpaired) electrons. The van der Waals surface area contributed by atoms with E-state index in [9.17, 15) is 5.11 Å². The van der Waals surface area contributed by atoms with E-state index in [1.165, 1.54) is 10.5 Å². The fourth-order valence-corrected chi connectivity index (χ4v) is 4.12. The van der Waals surface area contributed by atoms with Crippen molar-refractivity contribution in [1.29, 1.82) is 0 Å². The first-order valence-corrected chi connectivity index (χ1v) is 7.94. The minimum absolute atomic E-state index is 0.0646. The first-order valence-electron chi connectivity index (χ1n) is 6.95. The van der Waals surface area contributed by atoms with Gasteiger partial charge in [0.2, 0.25) is 0 Å². The largest absolute Gasteiger partial charge is 0.386 e. The number of thioether (sulfide) groups is 1. The number of benzene rings is 1. The molecule has 3 rings (SSSR count). The van der Waals surface area contributed by atoms with Crippen molar-refractivity contribution in [3.8, 4) is 0 Å². The monoisotopic (exact) mass is 279 g/mol. The van der Waals surface area contributed by atoms with Crippen LogP contribution < -0.4 is 5.32 Å². The van der Waals surface area contributed by atoms with E-state index in [4.69, 9.17) is 4.74 Å². The van der Waals surface area contributed by atoms with E-state index in [1.807, 2.05) is 18.7 Å². The third kappa shape index (κ3) is 2.68. The quantitative estimate of drug-likeness (QED) is 0.884. The van der Waals surface area contributed by atoms with Crippen LogP contribution in [-0.2, 0) is 4.74 Å². The maximum atomic E-state index is 10.4. The summed E-state index contributed by atoms with van der Waals surface area (Å²) in [5.74, 6) is 1.69. The molecule has 1 aromatic rings. The standard InChI is InChI=1S/C15H21NO2S/c1-11-15(17,6-7-18-11)10-16-8-12-9-19-14-5-3-2-4-13(12)14/h2-5,11-12,16-17H,6-10H2,1H3. The van der Waals surface area contributed by atoms with Gasteiger partial charge in [-0.1, -0.05) is 18.2 Å². The minimum Gasteiger partial charge on any atom is -0.386 e. The van der Waals surface area contributed by atoms with Crippen LogP contribution in [0.5, 0.6) is 0 Å². The summed E-state index contributed by atoms with van der Waals surface area (Å²) < 4.78 is 5.45. The summed E-state index contributed by atoms with van der Waals surface area (Å²) in [7, 11) is 0. The van der Waals surface area contributed by atoms with Gasteiger partial charge in [-0.3, -0.25) is 0 Å². The van der Waals surface area contributed by atoms with Gasteiger partial charge in [0.25, 0.3) is 0 Å². The van der Waals surface area contributed by atoms with E-state index < -0.39 is 5.60 Å². The average molecular weight is 279 g/mol. The molecule has 0 bridgehead atoms. The van der Waals surface area contributed by atoms with Gasteiger partial charge in [-0.2, -0.15) is 0 Å². The van der Waals surface area contributed by atoms with E-state index in [2.05, 4.69) is 29.6 Å². The van der Waals surface area contributed by atoms with Gasteiger partial charge in [-0.25, -0.2) is 0 Å². The van der Waals surface area contributed by atoms with Crippen LogP contribution in [0.4, 0.5) is 0 Å². The van der Waals surface area contributed by atoms with Crippen LogP contribution in [0.15, 0.2) is 29.2 Å². The molecule has 4 heteroatoms. The molecule has 2 aliphatic heterocycles. The van der Waals surface area contributed by atoms with Crippen LogP contribution in [0.2, 0.25) is 0 Å². The summed E-state index contributed by atoms with van der Waals surface area (Å²) in [4.78, 5) is 1.41. The topological polar surface area (TPSA) is 41.5 Å². The Kier molecular flexibility index (Phi) is 3.85. The predicted molar refractivity (Wildman–Crippen MR) is 77.8 cm³/mol. The Balaban J connectivity index is 1.54. The number of hydrogen-bond donors (Lipinski definition) is 2. The van der Waals surface area contributed by atoms with E-state index in [1.54, 1.807) is 0 Å². The van der Waals surface area contributed by atoms with E-state index in [-0.39, 0.29) is 6.10 Å². The lowest BCUT2D eigenvalue weighted by Crippen LogP contribution is -2.46. The molecule has 3 nitrogen and oxygen atoms in total. The van der Waals surface area contributed by atoms with Gasteiger partial charge in [-0.05, 0) is 18.6 Å². The lowest BCUT2D eigenvalue weighted by molar-refractivity contribution is -0.0261. The summed E-state index contributed by atoms with van der Waals surface area (Å²) in [6.45, 7) is 4.17. The van der Waals surface area contributed by atoms with Crippen molar-refractivity contribution in [3.05, 3.63) is 29.8 Å². The fraction of sp³-hybridized carbons (Fsp3) is 0.600. The zero-order chi connectivity index (χ0) is 13.3. The number of aliphatic hydroxyl groups is 1. The maximum absolute atomic E-state index is 10.4. The van der Waals surface area contributed by atoms with Crippen LogP contribution in [0.25, 0.3) is 0 Å². The summed E-state index contributed by atoms with van der Waals surface area (Å²) in [5.41, 5.74) is 0.758. The molecule has 19 heavy (non-hydrogen) atoms. The Hall–Kier alpha value is -0.550. The second kappa shape index (κ2) is 5.44. The SMILES string of the molecule is CC1OCCC1(O)CNCC1CSc2ccccc21. The van der Waals surface area contributed by atoms with Gasteiger partial charge in [0, 0.05) is 42.7 Å². The van der Waals surface area contributed by atoms with Crippen molar-refractivity contribution in [2.45, 2.75) is 35.9 Å². The Bertz CT molecular complexity index is 454. The van der Waals surface area contributed by atoms with Gasteiger partial charge < -0.3 is 15.2 Å². The Morgan fingerprint density at radius 1 is 1.47 bits per heavy atom. The number of nitrogens with one attached hydrogen (secondary N) is 1.